The van der Waals surface area contributed by atoms with Crippen LogP contribution in [-0.2, 0) is 13.5 Å². The second-order valence-electron chi connectivity index (χ2n) is 6.55. The Hall–Kier alpha value is -3.27. The summed E-state index contributed by atoms with van der Waals surface area (Å²) in [6.45, 7) is 2.13. The van der Waals surface area contributed by atoms with Crippen LogP contribution in [0.15, 0.2) is 66.9 Å². The molecule has 0 bridgehead atoms. The van der Waals surface area contributed by atoms with Gasteiger partial charge in [-0.15, -0.1) is 0 Å². The van der Waals surface area contributed by atoms with E-state index in [1.165, 1.54) is 16.8 Å². The molecule has 0 amide bonds. The number of rotatable bonds is 5. The Labute approximate surface area is 159 Å². The summed E-state index contributed by atoms with van der Waals surface area (Å²) in [5, 5.41) is 4.56. The van der Waals surface area contributed by atoms with Crippen molar-refractivity contribution in [3.63, 3.8) is 0 Å². The maximum absolute atomic E-state index is 5.52. The van der Waals surface area contributed by atoms with E-state index in [1.54, 1.807) is 7.11 Å². The maximum atomic E-state index is 5.52. The Bertz CT molecular complexity index is 1080. The zero-order valence-electron chi connectivity index (χ0n) is 15.9. The van der Waals surface area contributed by atoms with Gasteiger partial charge >= 0.3 is 0 Å². The predicted molar refractivity (Wildman–Crippen MR) is 112 cm³/mol. The molecule has 0 saturated carbocycles. The van der Waals surface area contributed by atoms with Gasteiger partial charge in [0.2, 0.25) is 0 Å². The molecule has 0 aliphatic carbocycles. The first kappa shape index (κ1) is 17.2. The summed E-state index contributed by atoms with van der Waals surface area (Å²) in [5.74, 6) is 1.74. The molecule has 0 saturated heterocycles. The minimum atomic E-state index is 0.844. The van der Waals surface area contributed by atoms with Crippen molar-refractivity contribution in [2.45, 2.75) is 13.3 Å². The van der Waals surface area contributed by atoms with Crippen LogP contribution in [0.4, 0.5) is 11.5 Å². The molecular weight excluding hydrogens is 334 g/mol. The van der Waals surface area contributed by atoms with E-state index in [4.69, 9.17) is 4.74 Å². The maximum Gasteiger partial charge on any atom is 0.139 e. The lowest BCUT2D eigenvalue weighted by atomic mass is 10.1. The number of aromatic nitrogens is 2. The Morgan fingerprint density at radius 1 is 1.04 bits per heavy atom. The van der Waals surface area contributed by atoms with E-state index >= 15 is 0 Å². The smallest absolute Gasteiger partial charge is 0.139 e. The fourth-order valence-electron chi connectivity index (χ4n) is 3.50. The number of nitrogens with one attached hydrogen (secondary N) is 1. The molecule has 0 atom stereocenters. The van der Waals surface area contributed by atoms with Crippen molar-refractivity contribution in [3.8, 4) is 17.0 Å². The van der Waals surface area contributed by atoms with Crippen molar-refractivity contribution >= 4 is 22.4 Å². The summed E-state index contributed by atoms with van der Waals surface area (Å²) in [5.41, 5.74) is 5.66. The van der Waals surface area contributed by atoms with Crippen molar-refractivity contribution in [3.05, 3.63) is 72.4 Å². The van der Waals surface area contributed by atoms with Crippen LogP contribution in [0, 0.1) is 0 Å². The molecule has 4 rings (SSSR count). The van der Waals surface area contributed by atoms with E-state index in [9.17, 15) is 0 Å². The van der Waals surface area contributed by atoms with Crippen molar-refractivity contribution in [2.75, 3.05) is 12.4 Å². The molecule has 0 radical (unpaired) electrons. The van der Waals surface area contributed by atoms with Crippen LogP contribution in [0.1, 0.15) is 12.5 Å². The van der Waals surface area contributed by atoms with Crippen LogP contribution in [-0.4, -0.2) is 16.7 Å². The summed E-state index contributed by atoms with van der Waals surface area (Å²) in [6, 6.07) is 20.9. The van der Waals surface area contributed by atoms with Gasteiger partial charge in [0.25, 0.3) is 0 Å². The first-order valence-electron chi connectivity index (χ1n) is 9.15. The predicted octanol–water partition coefficient (Wildman–Crippen LogP) is 5.55. The average molecular weight is 357 g/mol. The molecule has 2 heterocycles. The Morgan fingerprint density at radius 2 is 1.85 bits per heavy atom. The van der Waals surface area contributed by atoms with E-state index < -0.39 is 0 Å². The normalized spacial score (nSPS) is 10.9. The molecule has 1 N–H and O–H groups in total. The minimum absolute atomic E-state index is 0.844. The monoisotopic (exact) mass is 357 g/mol. The number of fused-ring (bicyclic) bond motifs is 1. The summed E-state index contributed by atoms with van der Waals surface area (Å²) in [4.78, 5) is 4.58. The van der Waals surface area contributed by atoms with E-state index in [0.29, 0.717) is 0 Å². The zero-order chi connectivity index (χ0) is 18.8. The van der Waals surface area contributed by atoms with E-state index in [2.05, 4.69) is 71.3 Å². The highest BCUT2D eigenvalue weighted by Crippen LogP contribution is 2.33. The van der Waals surface area contributed by atoms with Gasteiger partial charge in [0, 0.05) is 36.1 Å². The van der Waals surface area contributed by atoms with Crippen LogP contribution >= 0.6 is 0 Å². The quantitative estimate of drug-likeness (QED) is 0.508. The highest BCUT2D eigenvalue weighted by atomic mass is 16.5. The van der Waals surface area contributed by atoms with Gasteiger partial charge in [-0.2, -0.15) is 0 Å². The molecular formula is C23H23N3O. The van der Waals surface area contributed by atoms with Gasteiger partial charge in [-0.1, -0.05) is 43.3 Å². The molecule has 0 fully saturated rings. The van der Waals surface area contributed by atoms with Crippen molar-refractivity contribution in [1.29, 1.82) is 0 Å². The number of methoxy groups -OCH3 is 1. The summed E-state index contributed by atoms with van der Waals surface area (Å²) < 4.78 is 7.73. The third kappa shape index (κ3) is 3.14. The van der Waals surface area contributed by atoms with Crippen LogP contribution in [0.25, 0.3) is 22.2 Å². The molecule has 0 aliphatic rings. The van der Waals surface area contributed by atoms with Gasteiger partial charge in [0.05, 0.1) is 12.6 Å². The van der Waals surface area contributed by atoms with Crippen molar-refractivity contribution < 1.29 is 4.74 Å². The van der Waals surface area contributed by atoms with Gasteiger partial charge in [-0.25, -0.2) is 4.98 Å². The molecule has 0 spiro atoms. The number of anilines is 2. The fourth-order valence-corrected chi connectivity index (χ4v) is 3.50. The second kappa shape index (κ2) is 7.16. The SMILES string of the molecule is CCc1ccc(Nc2nccc3c2cc(-c2ccccc2)n3C)cc1OC. The van der Waals surface area contributed by atoms with Crippen molar-refractivity contribution in [1.82, 2.24) is 9.55 Å². The number of benzene rings is 2. The van der Waals surface area contributed by atoms with Gasteiger partial charge in [-0.05, 0) is 35.7 Å². The zero-order valence-corrected chi connectivity index (χ0v) is 15.9. The largest absolute Gasteiger partial charge is 0.496 e. The number of aryl methyl sites for hydroxylation is 2. The lowest BCUT2D eigenvalue weighted by Gasteiger charge is -2.11. The Balaban J connectivity index is 1.77. The third-order valence-corrected chi connectivity index (χ3v) is 4.97. The Morgan fingerprint density at radius 3 is 2.59 bits per heavy atom. The number of hydrogen-bond donors (Lipinski definition) is 1. The minimum Gasteiger partial charge on any atom is -0.496 e. The lowest BCUT2D eigenvalue weighted by molar-refractivity contribution is 0.410. The van der Waals surface area contributed by atoms with E-state index in [-0.39, 0.29) is 0 Å². The number of hydrogen-bond acceptors (Lipinski definition) is 3. The summed E-state index contributed by atoms with van der Waals surface area (Å²) in [6.07, 6.45) is 2.79. The molecule has 0 aliphatic heterocycles. The number of ether oxygens (including phenoxy) is 1. The van der Waals surface area contributed by atoms with Crippen LogP contribution in [0.5, 0.6) is 5.75 Å². The van der Waals surface area contributed by atoms with Gasteiger partial charge in [-0.3, -0.25) is 0 Å². The van der Waals surface area contributed by atoms with Crippen molar-refractivity contribution in [2.24, 2.45) is 7.05 Å². The van der Waals surface area contributed by atoms with E-state index in [1.807, 2.05) is 24.4 Å². The summed E-state index contributed by atoms with van der Waals surface area (Å²) in [7, 11) is 3.80. The highest BCUT2D eigenvalue weighted by Gasteiger charge is 2.12. The Kier molecular flexibility index (Phi) is 4.55. The molecule has 4 nitrogen and oxygen atoms in total. The second-order valence-corrected chi connectivity index (χ2v) is 6.55. The third-order valence-electron chi connectivity index (χ3n) is 4.97. The van der Waals surface area contributed by atoms with Gasteiger partial charge in [0.1, 0.15) is 11.6 Å². The molecule has 4 aromatic rings. The molecule has 4 heteroatoms. The average Bonchev–Trinajstić information content (AvgIpc) is 3.06. The molecule has 27 heavy (non-hydrogen) atoms. The first-order chi connectivity index (χ1) is 13.2. The van der Waals surface area contributed by atoms with Gasteiger partial charge in [0.15, 0.2) is 0 Å². The number of pyridine rings is 1. The molecule has 136 valence electrons. The molecule has 2 aromatic heterocycles. The molecule has 2 aromatic carbocycles. The van der Waals surface area contributed by atoms with Crippen LogP contribution in [0.3, 0.4) is 0 Å². The highest BCUT2D eigenvalue weighted by molar-refractivity contribution is 5.96. The number of nitrogens with zero attached hydrogens (tertiary/aromatic N) is 2. The summed E-state index contributed by atoms with van der Waals surface area (Å²) >= 11 is 0. The van der Waals surface area contributed by atoms with Gasteiger partial charge < -0.3 is 14.6 Å². The van der Waals surface area contributed by atoms with Crippen LogP contribution in [0.2, 0.25) is 0 Å². The molecule has 0 unspecified atom stereocenters. The fraction of sp³-hybridized carbons (Fsp3) is 0.174. The topological polar surface area (TPSA) is 39.1 Å². The first-order valence-corrected chi connectivity index (χ1v) is 9.15. The lowest BCUT2D eigenvalue weighted by Crippen LogP contribution is -1.97. The standard InChI is InChI=1S/C23H23N3O/c1-4-16-10-11-18(14-22(16)27-3)25-23-19-15-21(17-8-6-5-7-9-17)26(2)20(19)12-13-24-23/h5-15H,4H2,1-3H3,(H,24,25). The van der Waals surface area contributed by atoms with E-state index in [0.717, 1.165) is 34.6 Å². The van der Waals surface area contributed by atoms with Crippen LogP contribution < -0.4 is 10.1 Å².